The second-order valence-corrected chi connectivity index (χ2v) is 6.55. The summed E-state index contributed by atoms with van der Waals surface area (Å²) in [6, 6.07) is 4.72. The van der Waals surface area contributed by atoms with Gasteiger partial charge in [0.2, 0.25) is 0 Å². The van der Waals surface area contributed by atoms with Gasteiger partial charge in [0, 0.05) is 27.9 Å². The summed E-state index contributed by atoms with van der Waals surface area (Å²) in [7, 11) is 0. The molecular weight excluding hydrogens is 272 g/mol. The van der Waals surface area contributed by atoms with Gasteiger partial charge in [-0.2, -0.15) is 11.8 Å². The molecule has 1 unspecified atom stereocenters. The van der Waals surface area contributed by atoms with Crippen molar-refractivity contribution in [1.82, 2.24) is 0 Å². The van der Waals surface area contributed by atoms with Crippen molar-refractivity contribution in [2.45, 2.75) is 24.0 Å². The molecule has 0 spiro atoms. The summed E-state index contributed by atoms with van der Waals surface area (Å²) in [5.74, 6) is 1.07. The van der Waals surface area contributed by atoms with Crippen molar-refractivity contribution in [3.8, 4) is 0 Å². The summed E-state index contributed by atoms with van der Waals surface area (Å²) in [6.45, 7) is 0.543. The number of rotatable bonds is 4. The van der Waals surface area contributed by atoms with E-state index in [1.807, 2.05) is 11.8 Å². The molecule has 1 aliphatic rings. The molecule has 1 aromatic rings. The highest BCUT2D eigenvalue weighted by Gasteiger charge is 2.35. The fourth-order valence-corrected chi connectivity index (χ4v) is 3.93. The Balaban J connectivity index is 2.32. The zero-order chi connectivity index (χ0) is 13.2. The molecule has 18 heavy (non-hydrogen) atoms. The molecule has 2 rings (SSSR count). The van der Waals surface area contributed by atoms with Gasteiger partial charge in [0.1, 0.15) is 0 Å². The average molecular weight is 287 g/mol. The zero-order valence-corrected chi connectivity index (χ0v) is 11.5. The third-order valence-electron chi connectivity index (χ3n) is 3.31. The van der Waals surface area contributed by atoms with E-state index in [2.05, 4.69) is 0 Å². The van der Waals surface area contributed by atoms with Gasteiger partial charge in [0.05, 0.1) is 4.92 Å². The van der Waals surface area contributed by atoms with Crippen LogP contribution in [-0.2, 0) is 6.42 Å². The summed E-state index contributed by atoms with van der Waals surface area (Å²) in [6.07, 6.45) is 2.75. The molecule has 0 aliphatic carbocycles. The predicted molar refractivity (Wildman–Crippen MR) is 75.3 cm³/mol. The van der Waals surface area contributed by atoms with Gasteiger partial charge in [-0.3, -0.25) is 10.1 Å². The third-order valence-corrected chi connectivity index (χ3v) is 5.16. The Hall–Kier alpha value is -0.780. The van der Waals surface area contributed by atoms with Gasteiger partial charge in [-0.25, -0.2) is 0 Å². The van der Waals surface area contributed by atoms with Crippen LogP contribution < -0.4 is 5.73 Å². The molecule has 2 N–H and O–H groups in total. The topological polar surface area (TPSA) is 69.2 Å². The number of nitro groups is 1. The molecule has 1 heterocycles. The number of nitrogens with zero attached hydrogens (tertiary/aromatic N) is 1. The van der Waals surface area contributed by atoms with Crippen molar-refractivity contribution in [1.29, 1.82) is 0 Å². The van der Waals surface area contributed by atoms with Crippen LogP contribution >= 0.6 is 23.4 Å². The van der Waals surface area contributed by atoms with Gasteiger partial charge in [0.25, 0.3) is 5.69 Å². The van der Waals surface area contributed by atoms with Crippen LogP contribution in [0.1, 0.15) is 18.4 Å². The lowest BCUT2D eigenvalue weighted by Crippen LogP contribution is -2.34. The van der Waals surface area contributed by atoms with E-state index < -0.39 is 0 Å². The van der Waals surface area contributed by atoms with Crippen molar-refractivity contribution in [2.75, 3.05) is 12.3 Å². The molecule has 1 saturated heterocycles. The molecule has 0 amide bonds. The van der Waals surface area contributed by atoms with Crippen LogP contribution in [0, 0.1) is 10.1 Å². The van der Waals surface area contributed by atoms with Gasteiger partial charge in [-0.15, -0.1) is 0 Å². The molecule has 1 fully saturated rings. The minimum Gasteiger partial charge on any atom is -0.329 e. The van der Waals surface area contributed by atoms with E-state index in [-0.39, 0.29) is 15.4 Å². The lowest BCUT2D eigenvalue weighted by molar-refractivity contribution is -0.385. The van der Waals surface area contributed by atoms with E-state index in [4.69, 9.17) is 17.3 Å². The Morgan fingerprint density at radius 3 is 2.89 bits per heavy atom. The molecule has 0 bridgehead atoms. The van der Waals surface area contributed by atoms with Crippen LogP contribution in [-0.4, -0.2) is 22.0 Å². The molecule has 1 aliphatic heterocycles. The first kappa shape index (κ1) is 13.6. The van der Waals surface area contributed by atoms with E-state index in [0.717, 1.165) is 18.6 Å². The Kier molecular flexibility index (Phi) is 4.14. The van der Waals surface area contributed by atoms with Crippen LogP contribution in [0.15, 0.2) is 18.2 Å². The summed E-state index contributed by atoms with van der Waals surface area (Å²) < 4.78 is -0.0601. The Bertz CT molecular complexity index is 461. The number of benzene rings is 1. The summed E-state index contributed by atoms with van der Waals surface area (Å²) in [5.41, 5.74) is 6.68. The lowest BCUT2D eigenvalue weighted by atomic mass is 9.93. The molecule has 0 radical (unpaired) electrons. The monoisotopic (exact) mass is 286 g/mol. The van der Waals surface area contributed by atoms with Gasteiger partial charge >= 0.3 is 0 Å². The quantitative estimate of drug-likeness (QED) is 0.682. The number of nitrogens with two attached hydrogens (primary N) is 1. The van der Waals surface area contributed by atoms with E-state index in [0.29, 0.717) is 23.6 Å². The number of hydrogen-bond acceptors (Lipinski definition) is 4. The number of halogens is 1. The van der Waals surface area contributed by atoms with Gasteiger partial charge in [-0.1, -0.05) is 11.6 Å². The maximum absolute atomic E-state index is 11.0. The first-order chi connectivity index (χ1) is 8.56. The first-order valence-electron chi connectivity index (χ1n) is 5.83. The SMILES string of the molecule is NCC1(Cc2cc(Cl)ccc2[N+](=O)[O-])CCCS1. The van der Waals surface area contributed by atoms with Crippen molar-refractivity contribution < 1.29 is 4.92 Å². The number of nitro benzene ring substituents is 1. The van der Waals surface area contributed by atoms with E-state index >= 15 is 0 Å². The van der Waals surface area contributed by atoms with Crippen molar-refractivity contribution in [3.05, 3.63) is 38.9 Å². The third kappa shape index (κ3) is 2.79. The van der Waals surface area contributed by atoms with Crippen LogP contribution in [0.4, 0.5) is 5.69 Å². The van der Waals surface area contributed by atoms with Crippen LogP contribution in [0.25, 0.3) is 0 Å². The molecule has 1 atom stereocenters. The Morgan fingerprint density at radius 1 is 1.56 bits per heavy atom. The van der Waals surface area contributed by atoms with E-state index in [1.54, 1.807) is 12.1 Å². The van der Waals surface area contributed by atoms with Crippen LogP contribution in [0.5, 0.6) is 0 Å². The molecule has 0 saturated carbocycles. The van der Waals surface area contributed by atoms with Crippen LogP contribution in [0.2, 0.25) is 5.02 Å². The lowest BCUT2D eigenvalue weighted by Gasteiger charge is -2.26. The Morgan fingerprint density at radius 2 is 2.33 bits per heavy atom. The second-order valence-electron chi connectivity index (χ2n) is 4.55. The van der Waals surface area contributed by atoms with Crippen molar-refractivity contribution >= 4 is 29.1 Å². The van der Waals surface area contributed by atoms with Crippen LogP contribution in [0.3, 0.4) is 0 Å². The normalized spacial score (nSPS) is 23.2. The largest absolute Gasteiger partial charge is 0.329 e. The van der Waals surface area contributed by atoms with Crippen molar-refractivity contribution in [3.63, 3.8) is 0 Å². The molecular formula is C12H15ClN2O2S. The summed E-state index contributed by atoms with van der Waals surface area (Å²) >= 11 is 7.76. The maximum Gasteiger partial charge on any atom is 0.272 e. The number of thioether (sulfide) groups is 1. The fraction of sp³-hybridized carbons (Fsp3) is 0.500. The number of hydrogen-bond donors (Lipinski definition) is 1. The second kappa shape index (κ2) is 5.47. The van der Waals surface area contributed by atoms with Gasteiger partial charge in [0.15, 0.2) is 0 Å². The van der Waals surface area contributed by atoms with Gasteiger partial charge < -0.3 is 5.73 Å². The highest BCUT2D eigenvalue weighted by atomic mass is 35.5. The predicted octanol–water partition coefficient (Wildman–Crippen LogP) is 3.02. The molecule has 6 heteroatoms. The highest BCUT2D eigenvalue weighted by molar-refractivity contribution is 8.00. The van der Waals surface area contributed by atoms with E-state index in [9.17, 15) is 10.1 Å². The van der Waals surface area contributed by atoms with Gasteiger partial charge in [-0.05, 0) is 37.1 Å². The molecule has 0 aromatic heterocycles. The molecule has 1 aromatic carbocycles. The fourth-order valence-electron chi connectivity index (χ4n) is 2.35. The Labute approximate surface area is 115 Å². The minimum absolute atomic E-state index is 0.0601. The summed E-state index contributed by atoms with van der Waals surface area (Å²) in [4.78, 5) is 10.7. The zero-order valence-electron chi connectivity index (χ0n) is 9.89. The van der Waals surface area contributed by atoms with E-state index in [1.165, 1.54) is 6.07 Å². The smallest absolute Gasteiger partial charge is 0.272 e. The highest BCUT2D eigenvalue weighted by Crippen LogP contribution is 2.41. The van der Waals surface area contributed by atoms with Crippen molar-refractivity contribution in [2.24, 2.45) is 5.73 Å². The standard InChI is InChI=1S/C12H15ClN2O2S/c13-10-2-3-11(15(16)17)9(6-10)7-12(8-14)4-1-5-18-12/h2-3,6H,1,4-5,7-8,14H2. The average Bonchev–Trinajstić information content (AvgIpc) is 2.78. The first-order valence-corrected chi connectivity index (χ1v) is 7.19. The summed E-state index contributed by atoms with van der Waals surface area (Å²) in [5, 5.41) is 11.6. The maximum atomic E-state index is 11.0. The molecule has 98 valence electrons. The minimum atomic E-state index is -0.352. The molecule has 4 nitrogen and oxygen atoms in total.